The summed E-state index contributed by atoms with van der Waals surface area (Å²) in [4.78, 5) is 25.8. The van der Waals surface area contributed by atoms with Crippen molar-refractivity contribution in [1.82, 2.24) is 4.90 Å². The van der Waals surface area contributed by atoms with Gasteiger partial charge in [0, 0.05) is 24.7 Å². The first-order valence-electron chi connectivity index (χ1n) is 6.86. The molecule has 1 fully saturated rings. The predicted molar refractivity (Wildman–Crippen MR) is 86.2 cm³/mol. The van der Waals surface area contributed by atoms with E-state index in [1.807, 2.05) is 0 Å². The zero-order valence-corrected chi connectivity index (χ0v) is 14.5. The predicted octanol–water partition coefficient (Wildman–Crippen LogP) is 3.06. The van der Waals surface area contributed by atoms with E-state index < -0.39 is 11.4 Å². The molecule has 1 atom stereocenters. The van der Waals surface area contributed by atoms with Gasteiger partial charge in [0.1, 0.15) is 5.41 Å². The van der Waals surface area contributed by atoms with Gasteiger partial charge >= 0.3 is 5.97 Å². The van der Waals surface area contributed by atoms with Crippen LogP contribution in [0.15, 0.2) is 22.7 Å². The number of hydrogen-bond acceptors (Lipinski definition) is 3. The quantitative estimate of drug-likeness (QED) is 0.858. The Morgan fingerprint density at radius 3 is 2.82 bits per heavy atom. The summed E-state index contributed by atoms with van der Waals surface area (Å²) >= 11 is 9.42. The van der Waals surface area contributed by atoms with Crippen LogP contribution in [-0.4, -0.2) is 48.7 Å². The van der Waals surface area contributed by atoms with Crippen LogP contribution in [0.4, 0.5) is 0 Å². The van der Waals surface area contributed by atoms with E-state index in [1.165, 1.54) is 7.11 Å². The van der Waals surface area contributed by atoms with Gasteiger partial charge in [-0.2, -0.15) is 0 Å². The molecule has 2 rings (SSSR count). The summed E-state index contributed by atoms with van der Waals surface area (Å²) in [6, 6.07) is 5.03. The van der Waals surface area contributed by atoms with E-state index in [9.17, 15) is 14.7 Å². The molecule has 1 aliphatic heterocycles. The van der Waals surface area contributed by atoms with Crippen LogP contribution in [0, 0.1) is 5.41 Å². The number of amides is 1. The van der Waals surface area contributed by atoms with Gasteiger partial charge in [0.15, 0.2) is 0 Å². The van der Waals surface area contributed by atoms with Crippen molar-refractivity contribution in [2.24, 2.45) is 5.41 Å². The van der Waals surface area contributed by atoms with Gasteiger partial charge in [0.25, 0.3) is 5.91 Å². The Morgan fingerprint density at radius 1 is 1.50 bits per heavy atom. The first-order valence-corrected chi connectivity index (χ1v) is 8.03. The Labute approximate surface area is 142 Å². The molecule has 0 spiro atoms. The lowest BCUT2D eigenvalue weighted by Gasteiger charge is -2.39. The highest BCUT2D eigenvalue weighted by Crippen LogP contribution is 2.32. The van der Waals surface area contributed by atoms with E-state index >= 15 is 0 Å². The lowest BCUT2D eigenvalue weighted by atomic mass is 9.80. The maximum Gasteiger partial charge on any atom is 0.313 e. The molecule has 1 amide bonds. The summed E-state index contributed by atoms with van der Waals surface area (Å²) in [6.45, 7) is 0.728. The fourth-order valence-corrected chi connectivity index (χ4v) is 3.52. The summed E-state index contributed by atoms with van der Waals surface area (Å²) in [7, 11) is 1.47. The van der Waals surface area contributed by atoms with E-state index in [0.717, 1.165) is 4.47 Å². The third kappa shape index (κ3) is 3.45. The number of benzene rings is 1. The van der Waals surface area contributed by atoms with E-state index in [2.05, 4.69) is 15.9 Å². The Kier molecular flexibility index (Phi) is 5.47. The second-order valence-electron chi connectivity index (χ2n) is 5.47. The van der Waals surface area contributed by atoms with Crippen LogP contribution in [-0.2, 0) is 9.53 Å². The summed E-state index contributed by atoms with van der Waals surface area (Å²) < 4.78 is 5.85. The van der Waals surface area contributed by atoms with E-state index in [-0.39, 0.29) is 19.1 Å². The lowest BCUT2D eigenvalue weighted by molar-refractivity contribution is -0.155. The molecule has 1 unspecified atom stereocenters. The minimum absolute atomic E-state index is 0.0835. The molecule has 1 aromatic carbocycles. The Bertz CT molecular complexity index is 591. The first-order chi connectivity index (χ1) is 10.4. The molecule has 1 aliphatic rings. The Hall–Kier alpha value is -1.11. The van der Waals surface area contributed by atoms with Crippen molar-refractivity contribution >= 4 is 39.4 Å². The summed E-state index contributed by atoms with van der Waals surface area (Å²) in [5, 5.41) is 9.88. The molecular weight excluding hydrogens is 374 g/mol. The molecule has 7 heteroatoms. The number of carbonyl (C=O) groups is 2. The van der Waals surface area contributed by atoms with E-state index in [1.54, 1.807) is 23.1 Å². The van der Waals surface area contributed by atoms with Crippen molar-refractivity contribution in [2.75, 3.05) is 26.8 Å². The third-order valence-electron chi connectivity index (χ3n) is 3.90. The van der Waals surface area contributed by atoms with Crippen molar-refractivity contribution in [3.63, 3.8) is 0 Å². The summed E-state index contributed by atoms with van der Waals surface area (Å²) in [6.07, 6.45) is 1.11. The number of carboxylic acids is 1. The van der Waals surface area contributed by atoms with Crippen LogP contribution in [0.5, 0.6) is 0 Å². The highest BCUT2D eigenvalue weighted by molar-refractivity contribution is 9.10. The number of rotatable bonds is 4. The topological polar surface area (TPSA) is 66.8 Å². The summed E-state index contributed by atoms with van der Waals surface area (Å²) in [5.41, 5.74) is -0.673. The maximum absolute atomic E-state index is 12.6. The van der Waals surface area contributed by atoms with Gasteiger partial charge in [-0.3, -0.25) is 9.59 Å². The molecule has 0 aromatic heterocycles. The number of carboxylic acid groups (broad SMARTS) is 1. The van der Waals surface area contributed by atoms with Crippen LogP contribution in [0.25, 0.3) is 0 Å². The third-order valence-corrected chi connectivity index (χ3v) is 4.71. The maximum atomic E-state index is 12.6. The van der Waals surface area contributed by atoms with Gasteiger partial charge < -0.3 is 14.7 Å². The van der Waals surface area contributed by atoms with Gasteiger partial charge in [-0.15, -0.1) is 0 Å². The average Bonchev–Trinajstić information content (AvgIpc) is 2.47. The largest absolute Gasteiger partial charge is 0.481 e. The number of halogens is 2. The lowest BCUT2D eigenvalue weighted by Crippen LogP contribution is -2.52. The van der Waals surface area contributed by atoms with Crippen LogP contribution >= 0.6 is 27.5 Å². The standard InChI is InChI=1S/C15H17BrClNO4/c1-22-9-15(14(20)21)5-2-6-18(8-15)13(19)11-4-3-10(16)7-12(11)17/h3-4,7H,2,5-6,8-9H2,1H3,(H,20,21). The number of nitrogens with zero attached hydrogens (tertiary/aromatic N) is 1. The number of likely N-dealkylation sites (tertiary alicyclic amines) is 1. The normalized spacial score (nSPS) is 21.7. The summed E-state index contributed by atoms with van der Waals surface area (Å²) in [5.74, 6) is -1.19. The van der Waals surface area contributed by atoms with Gasteiger partial charge in [-0.1, -0.05) is 27.5 Å². The van der Waals surface area contributed by atoms with Crippen LogP contribution < -0.4 is 0 Å². The molecule has 120 valence electrons. The van der Waals surface area contributed by atoms with Crippen molar-refractivity contribution in [1.29, 1.82) is 0 Å². The molecule has 0 saturated carbocycles. The molecule has 1 heterocycles. The minimum atomic E-state index is -1.05. The second-order valence-corrected chi connectivity index (χ2v) is 6.80. The van der Waals surface area contributed by atoms with Crippen molar-refractivity contribution in [2.45, 2.75) is 12.8 Å². The molecule has 5 nitrogen and oxygen atoms in total. The zero-order valence-electron chi connectivity index (χ0n) is 12.1. The van der Waals surface area contributed by atoms with E-state index in [0.29, 0.717) is 30.0 Å². The molecule has 1 N–H and O–H groups in total. The minimum Gasteiger partial charge on any atom is -0.481 e. The number of ether oxygens (including phenoxy) is 1. The fourth-order valence-electron chi connectivity index (χ4n) is 2.77. The number of aliphatic carboxylic acids is 1. The van der Waals surface area contributed by atoms with Gasteiger partial charge in [0.2, 0.25) is 0 Å². The van der Waals surface area contributed by atoms with Gasteiger partial charge in [-0.25, -0.2) is 0 Å². The molecule has 1 aromatic rings. The Balaban J connectivity index is 2.24. The number of piperidine rings is 1. The fraction of sp³-hybridized carbons (Fsp3) is 0.467. The zero-order chi connectivity index (χ0) is 16.3. The molecule has 0 bridgehead atoms. The van der Waals surface area contributed by atoms with Crippen molar-refractivity contribution in [3.8, 4) is 0 Å². The molecule has 0 aliphatic carbocycles. The van der Waals surface area contributed by atoms with Crippen molar-refractivity contribution in [3.05, 3.63) is 33.3 Å². The Morgan fingerprint density at radius 2 is 2.23 bits per heavy atom. The smallest absolute Gasteiger partial charge is 0.313 e. The monoisotopic (exact) mass is 389 g/mol. The number of carbonyl (C=O) groups excluding carboxylic acids is 1. The van der Waals surface area contributed by atoms with Crippen LogP contribution in [0.2, 0.25) is 5.02 Å². The molecule has 0 radical (unpaired) electrons. The van der Waals surface area contributed by atoms with Gasteiger partial charge in [0.05, 0.1) is 17.2 Å². The molecule has 1 saturated heterocycles. The number of methoxy groups -OCH3 is 1. The van der Waals surface area contributed by atoms with Crippen LogP contribution in [0.3, 0.4) is 0 Å². The van der Waals surface area contributed by atoms with Crippen LogP contribution in [0.1, 0.15) is 23.2 Å². The first kappa shape index (κ1) is 17.2. The highest BCUT2D eigenvalue weighted by atomic mass is 79.9. The number of hydrogen-bond donors (Lipinski definition) is 1. The SMILES string of the molecule is COCC1(C(=O)O)CCCN(C(=O)c2ccc(Br)cc2Cl)C1. The van der Waals surface area contributed by atoms with Crippen molar-refractivity contribution < 1.29 is 19.4 Å². The molecule has 22 heavy (non-hydrogen) atoms. The highest BCUT2D eigenvalue weighted by Gasteiger charge is 2.44. The molecular formula is C15H17BrClNO4. The van der Waals surface area contributed by atoms with E-state index in [4.69, 9.17) is 16.3 Å². The van der Waals surface area contributed by atoms with Gasteiger partial charge in [-0.05, 0) is 31.0 Å². The average molecular weight is 391 g/mol. The second kappa shape index (κ2) is 6.98.